The Kier molecular flexibility index (Phi) is 6.29. The summed E-state index contributed by atoms with van der Waals surface area (Å²) >= 11 is 2.03. The zero-order valence-corrected chi connectivity index (χ0v) is 12.7. The highest BCUT2D eigenvalue weighted by Crippen LogP contribution is 2.22. The first-order chi connectivity index (χ1) is 8.37. The van der Waals surface area contributed by atoms with Gasteiger partial charge in [-0.2, -0.15) is 11.8 Å². The van der Waals surface area contributed by atoms with Gasteiger partial charge < -0.3 is 15.4 Å². The first-order valence-electron chi connectivity index (χ1n) is 6.65. The Morgan fingerprint density at radius 2 is 2.22 bits per heavy atom. The van der Waals surface area contributed by atoms with Crippen LogP contribution in [0, 0.1) is 5.92 Å². The van der Waals surface area contributed by atoms with E-state index in [1.165, 1.54) is 17.9 Å². The van der Waals surface area contributed by atoms with Crippen molar-refractivity contribution in [3.8, 4) is 0 Å². The molecular formula is C13H26N2O2S. The van der Waals surface area contributed by atoms with Crippen molar-refractivity contribution < 1.29 is 9.53 Å². The topological polar surface area (TPSA) is 50.4 Å². The van der Waals surface area contributed by atoms with Gasteiger partial charge in [0, 0.05) is 12.6 Å². The molecular weight excluding hydrogens is 248 g/mol. The van der Waals surface area contributed by atoms with E-state index >= 15 is 0 Å². The fourth-order valence-electron chi connectivity index (χ4n) is 1.73. The van der Waals surface area contributed by atoms with Crippen molar-refractivity contribution in [3.63, 3.8) is 0 Å². The van der Waals surface area contributed by atoms with Gasteiger partial charge in [-0.1, -0.05) is 0 Å². The number of hydrogen-bond donors (Lipinski definition) is 2. The molecule has 1 aliphatic heterocycles. The molecule has 18 heavy (non-hydrogen) atoms. The van der Waals surface area contributed by atoms with Gasteiger partial charge in [0.05, 0.1) is 0 Å². The van der Waals surface area contributed by atoms with Gasteiger partial charge in [0.1, 0.15) is 5.60 Å². The van der Waals surface area contributed by atoms with Gasteiger partial charge in [0.15, 0.2) is 0 Å². The van der Waals surface area contributed by atoms with Crippen molar-refractivity contribution in [2.45, 2.75) is 45.8 Å². The fourth-order valence-corrected chi connectivity index (χ4v) is 3.02. The number of rotatable bonds is 5. The second-order valence-corrected chi connectivity index (χ2v) is 7.07. The molecule has 5 heteroatoms. The molecule has 0 saturated carbocycles. The van der Waals surface area contributed by atoms with E-state index in [2.05, 4.69) is 17.6 Å². The lowest BCUT2D eigenvalue weighted by Gasteiger charge is -2.21. The third kappa shape index (κ3) is 7.11. The van der Waals surface area contributed by atoms with Gasteiger partial charge >= 0.3 is 6.09 Å². The lowest BCUT2D eigenvalue weighted by atomic mass is 10.1. The number of ether oxygens (including phenoxy) is 1. The Labute approximate surface area is 115 Å². The lowest BCUT2D eigenvalue weighted by Crippen LogP contribution is -2.42. The minimum Gasteiger partial charge on any atom is -0.444 e. The predicted molar refractivity (Wildman–Crippen MR) is 77.1 cm³/mol. The summed E-state index contributed by atoms with van der Waals surface area (Å²) in [5, 5.41) is 6.24. The first-order valence-corrected chi connectivity index (χ1v) is 7.80. The Balaban J connectivity index is 2.08. The van der Waals surface area contributed by atoms with Crippen LogP contribution in [0.1, 0.15) is 34.1 Å². The molecule has 0 radical (unpaired) electrons. The van der Waals surface area contributed by atoms with Gasteiger partial charge in [0.2, 0.25) is 0 Å². The molecule has 0 bridgehead atoms. The van der Waals surface area contributed by atoms with E-state index in [1.54, 1.807) is 0 Å². The highest BCUT2D eigenvalue weighted by Gasteiger charge is 2.18. The molecule has 4 nitrogen and oxygen atoms in total. The molecule has 1 rings (SSSR count). The SMILES string of the molecule is CC(CNC(=O)OC(C)(C)C)NCC1CCSC1. The normalized spacial score (nSPS) is 21.7. The van der Waals surface area contributed by atoms with Crippen molar-refractivity contribution in [3.05, 3.63) is 0 Å². The van der Waals surface area contributed by atoms with Gasteiger partial charge in [-0.3, -0.25) is 0 Å². The molecule has 0 aromatic carbocycles. The van der Waals surface area contributed by atoms with Crippen molar-refractivity contribution >= 4 is 17.9 Å². The smallest absolute Gasteiger partial charge is 0.407 e. The quantitative estimate of drug-likeness (QED) is 0.807. The summed E-state index contributed by atoms with van der Waals surface area (Å²) in [6.07, 6.45) is 0.969. The molecule has 1 aliphatic rings. The second-order valence-electron chi connectivity index (χ2n) is 5.92. The van der Waals surface area contributed by atoms with E-state index < -0.39 is 5.60 Å². The van der Waals surface area contributed by atoms with Crippen molar-refractivity contribution in [2.24, 2.45) is 5.92 Å². The molecule has 2 unspecified atom stereocenters. The Bertz CT molecular complexity index is 260. The number of thioether (sulfide) groups is 1. The van der Waals surface area contributed by atoms with Crippen LogP contribution in [-0.4, -0.2) is 42.3 Å². The molecule has 0 aromatic rings. The van der Waals surface area contributed by atoms with Crippen LogP contribution >= 0.6 is 11.8 Å². The third-order valence-corrected chi connectivity index (χ3v) is 3.96. The molecule has 2 N–H and O–H groups in total. The molecule has 0 aromatic heterocycles. The molecule has 0 aliphatic carbocycles. The summed E-state index contributed by atoms with van der Waals surface area (Å²) in [7, 11) is 0. The maximum absolute atomic E-state index is 11.5. The summed E-state index contributed by atoms with van der Waals surface area (Å²) in [6, 6.07) is 0.281. The van der Waals surface area contributed by atoms with Gasteiger partial charge in [0.25, 0.3) is 0 Å². The predicted octanol–water partition coefficient (Wildman–Crippen LogP) is 2.24. The molecule has 106 valence electrons. The molecule has 1 saturated heterocycles. The van der Waals surface area contributed by atoms with Crippen LogP contribution in [0.15, 0.2) is 0 Å². The zero-order valence-electron chi connectivity index (χ0n) is 11.9. The van der Waals surface area contributed by atoms with Crippen LogP contribution in [0.2, 0.25) is 0 Å². The Hall–Kier alpha value is -0.420. The third-order valence-electron chi connectivity index (χ3n) is 2.73. The van der Waals surface area contributed by atoms with E-state index in [1.807, 2.05) is 32.5 Å². The van der Waals surface area contributed by atoms with E-state index in [4.69, 9.17) is 4.74 Å². The van der Waals surface area contributed by atoms with Crippen molar-refractivity contribution in [2.75, 3.05) is 24.6 Å². The summed E-state index contributed by atoms with van der Waals surface area (Å²) in [4.78, 5) is 11.5. The minimum atomic E-state index is -0.429. The van der Waals surface area contributed by atoms with Crippen LogP contribution in [0.5, 0.6) is 0 Å². The number of nitrogens with one attached hydrogen (secondary N) is 2. The van der Waals surface area contributed by atoms with E-state index in [9.17, 15) is 4.79 Å². The van der Waals surface area contributed by atoms with Gasteiger partial charge in [-0.15, -0.1) is 0 Å². The van der Waals surface area contributed by atoms with E-state index in [-0.39, 0.29) is 12.1 Å². The second kappa shape index (κ2) is 7.24. The highest BCUT2D eigenvalue weighted by atomic mass is 32.2. The largest absolute Gasteiger partial charge is 0.444 e. The molecule has 0 spiro atoms. The number of carbonyl (C=O) groups excluding carboxylic acids is 1. The van der Waals surface area contributed by atoms with Crippen molar-refractivity contribution in [1.82, 2.24) is 10.6 Å². The first kappa shape index (κ1) is 15.6. The summed E-state index contributed by atoms with van der Waals surface area (Å²) < 4.78 is 5.18. The zero-order chi connectivity index (χ0) is 13.6. The number of carbonyl (C=O) groups is 1. The summed E-state index contributed by atoms with van der Waals surface area (Å²) in [5.74, 6) is 3.34. The monoisotopic (exact) mass is 274 g/mol. The van der Waals surface area contributed by atoms with Crippen LogP contribution in [0.3, 0.4) is 0 Å². The van der Waals surface area contributed by atoms with Gasteiger partial charge in [-0.05, 0) is 58.1 Å². The van der Waals surface area contributed by atoms with E-state index in [0.717, 1.165) is 12.5 Å². The summed E-state index contributed by atoms with van der Waals surface area (Å²) in [5.41, 5.74) is -0.429. The summed E-state index contributed by atoms with van der Waals surface area (Å²) in [6.45, 7) is 9.34. The van der Waals surface area contributed by atoms with Gasteiger partial charge in [-0.25, -0.2) is 4.79 Å². The molecule has 1 heterocycles. The van der Waals surface area contributed by atoms with Crippen LogP contribution in [0.4, 0.5) is 4.79 Å². The number of hydrogen-bond acceptors (Lipinski definition) is 4. The Morgan fingerprint density at radius 1 is 1.50 bits per heavy atom. The van der Waals surface area contributed by atoms with Crippen LogP contribution < -0.4 is 10.6 Å². The number of amides is 1. The van der Waals surface area contributed by atoms with Crippen LogP contribution in [-0.2, 0) is 4.74 Å². The van der Waals surface area contributed by atoms with E-state index in [0.29, 0.717) is 6.54 Å². The average Bonchev–Trinajstić information content (AvgIpc) is 2.74. The molecule has 2 atom stereocenters. The maximum atomic E-state index is 11.5. The Morgan fingerprint density at radius 3 is 2.78 bits per heavy atom. The molecule has 1 amide bonds. The lowest BCUT2D eigenvalue weighted by molar-refractivity contribution is 0.0523. The minimum absolute atomic E-state index is 0.281. The van der Waals surface area contributed by atoms with Crippen molar-refractivity contribution in [1.29, 1.82) is 0 Å². The fraction of sp³-hybridized carbons (Fsp3) is 0.923. The maximum Gasteiger partial charge on any atom is 0.407 e. The standard InChI is InChI=1S/C13H26N2O2S/c1-10(14-8-11-5-6-18-9-11)7-15-12(16)17-13(2,3)4/h10-11,14H,5-9H2,1-4H3,(H,15,16). The highest BCUT2D eigenvalue weighted by molar-refractivity contribution is 7.99. The van der Waals surface area contributed by atoms with Crippen LogP contribution in [0.25, 0.3) is 0 Å². The number of alkyl carbamates (subject to hydrolysis) is 1. The average molecular weight is 274 g/mol. The molecule has 1 fully saturated rings.